The van der Waals surface area contributed by atoms with Crippen molar-refractivity contribution in [1.82, 2.24) is 13.9 Å². The van der Waals surface area contributed by atoms with Crippen molar-refractivity contribution in [1.29, 1.82) is 0 Å². The molecule has 0 spiro atoms. The van der Waals surface area contributed by atoms with E-state index in [2.05, 4.69) is 4.98 Å². The van der Waals surface area contributed by atoms with E-state index in [4.69, 9.17) is 4.74 Å². The summed E-state index contributed by atoms with van der Waals surface area (Å²) >= 11 is 0. The van der Waals surface area contributed by atoms with Crippen LogP contribution in [-0.4, -0.2) is 46.6 Å². The molecule has 2 aromatic carbocycles. The summed E-state index contributed by atoms with van der Waals surface area (Å²) in [4.78, 5) is 30.5. The number of sulfonamides is 1. The van der Waals surface area contributed by atoms with Crippen LogP contribution in [0.25, 0.3) is 16.6 Å². The van der Waals surface area contributed by atoms with Crippen LogP contribution >= 0.6 is 0 Å². The van der Waals surface area contributed by atoms with E-state index in [1.54, 1.807) is 31.2 Å². The highest BCUT2D eigenvalue weighted by Gasteiger charge is 2.39. The summed E-state index contributed by atoms with van der Waals surface area (Å²) in [5.41, 5.74) is 0.421. The Labute approximate surface area is 190 Å². The zero-order valence-corrected chi connectivity index (χ0v) is 18.9. The maximum absolute atomic E-state index is 13.4. The van der Waals surface area contributed by atoms with Crippen molar-refractivity contribution in [2.24, 2.45) is 0 Å². The van der Waals surface area contributed by atoms with Gasteiger partial charge in [-0.25, -0.2) is 17.8 Å². The third kappa shape index (κ3) is 4.67. The molecule has 1 fully saturated rings. The van der Waals surface area contributed by atoms with Crippen molar-refractivity contribution in [3.63, 3.8) is 0 Å². The van der Waals surface area contributed by atoms with E-state index in [-0.39, 0.29) is 30.3 Å². The first-order valence-corrected chi connectivity index (χ1v) is 12.4. The fraction of sp³-hybridized carbons (Fsp3) is 0.348. The smallest absolute Gasteiger partial charge is 0.324 e. The molecule has 3 aromatic rings. The van der Waals surface area contributed by atoms with Gasteiger partial charge in [0.05, 0.1) is 22.3 Å². The second kappa shape index (κ2) is 9.40. The van der Waals surface area contributed by atoms with E-state index in [1.807, 2.05) is 0 Å². The van der Waals surface area contributed by atoms with E-state index >= 15 is 0 Å². The van der Waals surface area contributed by atoms with Crippen LogP contribution in [-0.2, 0) is 26.2 Å². The standard InChI is InChI=1S/C23H24FN3O5S/c1-2-14-33(30,31)26-13-5-8-20(26)23(29)32-15-21-25-19-7-4-3-6-18(19)22(28)27(21)17-11-9-16(24)10-12-17/h3-4,6-7,9-12,20H,2,5,8,13-15H2,1H3. The average Bonchev–Trinajstić information content (AvgIpc) is 3.30. The number of benzene rings is 2. The Bertz CT molecular complexity index is 1340. The summed E-state index contributed by atoms with van der Waals surface area (Å²) in [7, 11) is -3.55. The number of esters is 1. The monoisotopic (exact) mass is 473 g/mol. The molecule has 174 valence electrons. The van der Waals surface area contributed by atoms with E-state index in [0.717, 1.165) is 0 Å². The van der Waals surface area contributed by atoms with Gasteiger partial charge < -0.3 is 4.74 Å². The van der Waals surface area contributed by atoms with Crippen LogP contribution in [0.4, 0.5) is 4.39 Å². The lowest BCUT2D eigenvalue weighted by Gasteiger charge is -2.22. The molecule has 1 aliphatic heterocycles. The Morgan fingerprint density at radius 2 is 1.91 bits per heavy atom. The molecule has 2 heterocycles. The summed E-state index contributed by atoms with van der Waals surface area (Å²) in [5, 5.41) is 0.365. The maximum Gasteiger partial charge on any atom is 0.324 e. The number of aromatic nitrogens is 2. The molecule has 0 bridgehead atoms. The first-order valence-electron chi connectivity index (χ1n) is 10.7. The Morgan fingerprint density at radius 1 is 1.18 bits per heavy atom. The molecule has 4 rings (SSSR count). The third-order valence-corrected chi connectivity index (χ3v) is 7.64. The molecular weight excluding hydrogens is 449 g/mol. The zero-order chi connectivity index (χ0) is 23.6. The second-order valence-electron chi connectivity index (χ2n) is 7.85. The van der Waals surface area contributed by atoms with Gasteiger partial charge in [-0.15, -0.1) is 0 Å². The first kappa shape index (κ1) is 23.1. The molecule has 1 unspecified atom stereocenters. The number of hydrogen-bond acceptors (Lipinski definition) is 6. The van der Waals surface area contributed by atoms with Crippen molar-refractivity contribution in [3.05, 3.63) is 70.5 Å². The molecule has 10 heteroatoms. The predicted molar refractivity (Wildman–Crippen MR) is 121 cm³/mol. The van der Waals surface area contributed by atoms with Gasteiger partial charge in [-0.1, -0.05) is 19.1 Å². The van der Waals surface area contributed by atoms with E-state index < -0.39 is 27.9 Å². The van der Waals surface area contributed by atoms with E-state index in [1.165, 1.54) is 33.1 Å². The highest BCUT2D eigenvalue weighted by Crippen LogP contribution is 2.23. The minimum atomic E-state index is -3.55. The summed E-state index contributed by atoms with van der Waals surface area (Å²) in [5.74, 6) is -1.02. The maximum atomic E-state index is 13.4. The van der Waals surface area contributed by atoms with Gasteiger partial charge in [0.25, 0.3) is 5.56 Å². The van der Waals surface area contributed by atoms with Crippen LogP contribution in [0, 0.1) is 5.82 Å². The molecule has 8 nitrogen and oxygen atoms in total. The normalized spacial score (nSPS) is 16.8. The van der Waals surface area contributed by atoms with Crippen molar-refractivity contribution in [2.45, 2.75) is 38.8 Å². The lowest BCUT2D eigenvalue weighted by molar-refractivity contribution is -0.149. The molecule has 1 aromatic heterocycles. The average molecular weight is 474 g/mol. The van der Waals surface area contributed by atoms with Gasteiger partial charge in [-0.2, -0.15) is 4.31 Å². The molecular formula is C23H24FN3O5S. The van der Waals surface area contributed by atoms with Crippen molar-refractivity contribution in [3.8, 4) is 5.69 Å². The number of rotatable bonds is 7. The fourth-order valence-electron chi connectivity index (χ4n) is 4.05. The van der Waals surface area contributed by atoms with Crippen LogP contribution < -0.4 is 5.56 Å². The SMILES string of the molecule is CCCS(=O)(=O)N1CCCC1C(=O)OCc1nc2ccccc2c(=O)n1-c1ccc(F)cc1. The Balaban J connectivity index is 1.66. The molecule has 0 N–H and O–H groups in total. The van der Waals surface area contributed by atoms with Gasteiger partial charge in [-0.3, -0.25) is 14.2 Å². The van der Waals surface area contributed by atoms with Gasteiger partial charge in [0.2, 0.25) is 10.0 Å². The number of carbonyl (C=O) groups is 1. The number of hydrogen-bond donors (Lipinski definition) is 0. The Hall–Kier alpha value is -3.11. The van der Waals surface area contributed by atoms with Gasteiger partial charge in [0, 0.05) is 6.54 Å². The first-order chi connectivity index (χ1) is 15.8. The number of halogens is 1. The molecule has 0 aliphatic carbocycles. The number of carbonyl (C=O) groups excluding carboxylic acids is 1. The number of nitrogens with zero attached hydrogens (tertiary/aromatic N) is 3. The molecule has 33 heavy (non-hydrogen) atoms. The highest BCUT2D eigenvalue weighted by molar-refractivity contribution is 7.89. The summed E-state index contributed by atoms with van der Waals surface area (Å²) in [6.07, 6.45) is 1.39. The van der Waals surface area contributed by atoms with Gasteiger partial charge in [-0.05, 0) is 55.7 Å². The van der Waals surface area contributed by atoms with Crippen molar-refractivity contribution in [2.75, 3.05) is 12.3 Å². The third-order valence-electron chi connectivity index (χ3n) is 5.57. The lowest BCUT2D eigenvalue weighted by atomic mass is 10.2. The van der Waals surface area contributed by atoms with Crippen LogP contribution in [0.15, 0.2) is 53.3 Å². The van der Waals surface area contributed by atoms with Crippen LogP contribution in [0.1, 0.15) is 32.0 Å². The minimum absolute atomic E-state index is 0.0346. The van der Waals surface area contributed by atoms with E-state index in [0.29, 0.717) is 35.9 Å². The van der Waals surface area contributed by atoms with Crippen molar-refractivity contribution < 1.29 is 22.3 Å². The Morgan fingerprint density at radius 3 is 2.64 bits per heavy atom. The van der Waals surface area contributed by atoms with Crippen LogP contribution in [0.3, 0.4) is 0 Å². The molecule has 1 saturated heterocycles. The molecule has 1 aliphatic rings. The fourth-order valence-corrected chi connectivity index (χ4v) is 5.78. The van der Waals surface area contributed by atoms with E-state index in [9.17, 15) is 22.4 Å². The highest BCUT2D eigenvalue weighted by atomic mass is 32.2. The van der Waals surface area contributed by atoms with Gasteiger partial charge >= 0.3 is 5.97 Å². The predicted octanol–water partition coefficient (Wildman–Crippen LogP) is 2.77. The number of fused-ring (bicyclic) bond motifs is 1. The molecule has 0 saturated carbocycles. The minimum Gasteiger partial charge on any atom is -0.456 e. The number of para-hydroxylation sites is 1. The quantitative estimate of drug-likeness (QED) is 0.490. The van der Waals surface area contributed by atoms with Crippen molar-refractivity contribution >= 4 is 26.9 Å². The summed E-state index contributed by atoms with van der Waals surface area (Å²) in [6.45, 7) is 1.70. The zero-order valence-electron chi connectivity index (χ0n) is 18.1. The Kier molecular flexibility index (Phi) is 6.57. The lowest BCUT2D eigenvalue weighted by Crippen LogP contribution is -2.42. The number of ether oxygens (including phenoxy) is 1. The molecule has 0 amide bonds. The van der Waals surface area contributed by atoms with Gasteiger partial charge in [0.15, 0.2) is 5.82 Å². The van der Waals surface area contributed by atoms with Gasteiger partial charge in [0.1, 0.15) is 18.5 Å². The molecule has 1 atom stereocenters. The summed E-state index contributed by atoms with van der Waals surface area (Å²) in [6, 6.07) is 11.2. The largest absolute Gasteiger partial charge is 0.456 e. The van der Waals surface area contributed by atoms with Crippen LogP contribution in [0.2, 0.25) is 0 Å². The second-order valence-corrected chi connectivity index (χ2v) is 9.90. The summed E-state index contributed by atoms with van der Waals surface area (Å²) < 4.78 is 46.4. The topological polar surface area (TPSA) is 98.6 Å². The molecule has 0 radical (unpaired) electrons. The van der Waals surface area contributed by atoms with Crippen LogP contribution in [0.5, 0.6) is 0 Å².